The van der Waals surface area contributed by atoms with Crippen molar-refractivity contribution in [3.05, 3.63) is 29.6 Å². The van der Waals surface area contributed by atoms with E-state index in [1.807, 2.05) is 6.07 Å². The molecular formula is C10H12N2O3S. The van der Waals surface area contributed by atoms with Crippen LogP contribution in [0.25, 0.3) is 0 Å². The standard InChI is InChI=1S/C10H12N2O3S/c1-15-5-6-16(13,14)8-9-3-2-4-12-10(9)7-11/h2-4H,5-6,8H2,1H3. The van der Waals surface area contributed by atoms with Crippen molar-refractivity contribution >= 4 is 9.84 Å². The lowest BCUT2D eigenvalue weighted by atomic mass is 10.2. The van der Waals surface area contributed by atoms with Crippen LogP contribution in [-0.4, -0.2) is 32.9 Å². The van der Waals surface area contributed by atoms with Gasteiger partial charge in [0.15, 0.2) is 9.84 Å². The number of ether oxygens (including phenoxy) is 1. The number of rotatable bonds is 5. The van der Waals surface area contributed by atoms with Crippen molar-refractivity contribution in [1.29, 1.82) is 5.26 Å². The first-order valence-electron chi connectivity index (χ1n) is 4.62. The first-order valence-corrected chi connectivity index (χ1v) is 6.44. The SMILES string of the molecule is COCCS(=O)(=O)Cc1cccnc1C#N. The molecular weight excluding hydrogens is 228 g/mol. The Kier molecular flexibility index (Phi) is 4.40. The fourth-order valence-corrected chi connectivity index (χ4v) is 2.45. The van der Waals surface area contributed by atoms with Crippen molar-refractivity contribution < 1.29 is 13.2 Å². The number of pyridine rings is 1. The number of nitriles is 1. The highest BCUT2D eigenvalue weighted by molar-refractivity contribution is 7.90. The van der Waals surface area contributed by atoms with Crippen LogP contribution in [0.3, 0.4) is 0 Å². The largest absolute Gasteiger partial charge is 0.384 e. The molecule has 0 aliphatic heterocycles. The monoisotopic (exact) mass is 240 g/mol. The van der Waals surface area contributed by atoms with Gasteiger partial charge in [-0.15, -0.1) is 0 Å². The number of nitrogens with zero attached hydrogens (tertiary/aromatic N) is 2. The Hall–Kier alpha value is -1.45. The average molecular weight is 240 g/mol. The van der Waals surface area contributed by atoms with Gasteiger partial charge in [-0.3, -0.25) is 0 Å². The van der Waals surface area contributed by atoms with Gasteiger partial charge in [-0.05, 0) is 6.07 Å². The van der Waals surface area contributed by atoms with Crippen LogP contribution >= 0.6 is 0 Å². The summed E-state index contributed by atoms with van der Waals surface area (Å²) in [5.74, 6) is -0.226. The zero-order chi connectivity index (χ0) is 12.0. The highest BCUT2D eigenvalue weighted by Gasteiger charge is 2.14. The normalized spacial score (nSPS) is 11.0. The van der Waals surface area contributed by atoms with Crippen LogP contribution in [0.2, 0.25) is 0 Å². The molecule has 0 aliphatic carbocycles. The fourth-order valence-electron chi connectivity index (χ4n) is 1.18. The number of hydrogen-bond acceptors (Lipinski definition) is 5. The van der Waals surface area contributed by atoms with Crippen LogP contribution in [0, 0.1) is 11.3 Å². The molecule has 0 bridgehead atoms. The molecule has 0 spiro atoms. The minimum Gasteiger partial charge on any atom is -0.384 e. The van der Waals surface area contributed by atoms with E-state index in [2.05, 4.69) is 4.98 Å². The van der Waals surface area contributed by atoms with Crippen molar-refractivity contribution in [2.75, 3.05) is 19.5 Å². The van der Waals surface area contributed by atoms with Gasteiger partial charge in [0.05, 0.1) is 18.1 Å². The molecule has 1 heterocycles. The summed E-state index contributed by atoms with van der Waals surface area (Å²) in [6.45, 7) is 0.157. The van der Waals surface area contributed by atoms with Gasteiger partial charge < -0.3 is 4.74 Å². The number of sulfone groups is 1. The lowest BCUT2D eigenvalue weighted by Gasteiger charge is -2.04. The minimum absolute atomic E-state index is 0.0523. The molecule has 1 aromatic heterocycles. The van der Waals surface area contributed by atoms with Crippen molar-refractivity contribution in [3.8, 4) is 6.07 Å². The summed E-state index contributed by atoms with van der Waals surface area (Å²) in [5.41, 5.74) is 0.588. The van der Waals surface area contributed by atoms with Crippen LogP contribution in [0.5, 0.6) is 0 Å². The molecule has 0 radical (unpaired) electrons. The Bertz CT molecular complexity index is 491. The molecule has 6 heteroatoms. The summed E-state index contributed by atoms with van der Waals surface area (Å²) in [4.78, 5) is 3.80. The smallest absolute Gasteiger partial charge is 0.156 e. The van der Waals surface area contributed by atoms with Crippen LogP contribution in [0.4, 0.5) is 0 Å². The van der Waals surface area contributed by atoms with Gasteiger partial charge in [-0.25, -0.2) is 13.4 Å². The van der Waals surface area contributed by atoms with Crippen LogP contribution in [-0.2, 0) is 20.3 Å². The Labute approximate surface area is 94.6 Å². The zero-order valence-corrected chi connectivity index (χ0v) is 9.70. The van der Waals surface area contributed by atoms with E-state index in [1.54, 1.807) is 12.1 Å². The maximum Gasteiger partial charge on any atom is 0.156 e. The molecule has 1 aromatic rings. The molecule has 0 saturated heterocycles. The minimum atomic E-state index is -3.25. The lowest BCUT2D eigenvalue weighted by Crippen LogP contribution is -2.14. The van der Waals surface area contributed by atoms with Crippen molar-refractivity contribution in [3.63, 3.8) is 0 Å². The summed E-state index contributed by atoms with van der Waals surface area (Å²) in [6.07, 6.45) is 1.46. The highest BCUT2D eigenvalue weighted by Crippen LogP contribution is 2.09. The molecule has 0 aromatic carbocycles. The zero-order valence-electron chi connectivity index (χ0n) is 8.88. The van der Waals surface area contributed by atoms with E-state index >= 15 is 0 Å². The first-order chi connectivity index (χ1) is 7.59. The third-order valence-electron chi connectivity index (χ3n) is 1.97. The Morgan fingerprint density at radius 1 is 1.56 bits per heavy atom. The molecule has 0 fully saturated rings. The quantitative estimate of drug-likeness (QED) is 0.749. The molecule has 0 atom stereocenters. The Morgan fingerprint density at radius 2 is 2.31 bits per heavy atom. The Balaban J connectivity index is 2.85. The topological polar surface area (TPSA) is 80.1 Å². The van der Waals surface area contributed by atoms with Gasteiger partial charge in [0.2, 0.25) is 0 Å². The second kappa shape index (κ2) is 5.58. The second-order valence-corrected chi connectivity index (χ2v) is 5.39. The van der Waals surface area contributed by atoms with Gasteiger partial charge in [0.25, 0.3) is 0 Å². The molecule has 1 rings (SSSR count). The van der Waals surface area contributed by atoms with E-state index in [-0.39, 0.29) is 23.8 Å². The third-order valence-corrected chi connectivity index (χ3v) is 3.51. The number of aromatic nitrogens is 1. The van der Waals surface area contributed by atoms with Crippen LogP contribution in [0.15, 0.2) is 18.3 Å². The lowest BCUT2D eigenvalue weighted by molar-refractivity contribution is 0.217. The third kappa shape index (κ3) is 3.61. The van der Waals surface area contributed by atoms with Gasteiger partial charge >= 0.3 is 0 Å². The molecule has 0 unspecified atom stereocenters. The number of methoxy groups -OCH3 is 1. The van der Waals surface area contributed by atoms with Gasteiger partial charge in [0, 0.05) is 18.9 Å². The van der Waals surface area contributed by atoms with E-state index < -0.39 is 9.84 Å². The molecule has 0 N–H and O–H groups in total. The molecule has 0 aliphatic rings. The second-order valence-electron chi connectivity index (χ2n) is 3.21. The maximum absolute atomic E-state index is 11.6. The summed E-state index contributed by atoms with van der Waals surface area (Å²) in [6, 6.07) is 5.07. The predicted molar refractivity (Wildman–Crippen MR) is 58.3 cm³/mol. The van der Waals surface area contributed by atoms with Gasteiger partial charge in [-0.1, -0.05) is 6.07 Å². The summed E-state index contributed by atoms with van der Waals surface area (Å²) in [7, 11) is -1.80. The van der Waals surface area contributed by atoms with E-state index in [0.29, 0.717) is 5.56 Å². The van der Waals surface area contributed by atoms with E-state index in [9.17, 15) is 8.42 Å². The van der Waals surface area contributed by atoms with Gasteiger partial charge in [-0.2, -0.15) is 5.26 Å². The summed E-state index contributed by atoms with van der Waals surface area (Å²) >= 11 is 0. The van der Waals surface area contributed by atoms with E-state index in [4.69, 9.17) is 10.00 Å². The average Bonchev–Trinajstić information content (AvgIpc) is 2.27. The van der Waals surface area contributed by atoms with E-state index in [0.717, 1.165) is 0 Å². The molecule has 5 nitrogen and oxygen atoms in total. The maximum atomic E-state index is 11.6. The van der Waals surface area contributed by atoms with Gasteiger partial charge in [0.1, 0.15) is 11.8 Å². The summed E-state index contributed by atoms with van der Waals surface area (Å²) < 4.78 is 27.9. The van der Waals surface area contributed by atoms with Crippen molar-refractivity contribution in [2.24, 2.45) is 0 Å². The van der Waals surface area contributed by atoms with Crippen LogP contribution in [0.1, 0.15) is 11.3 Å². The highest BCUT2D eigenvalue weighted by atomic mass is 32.2. The van der Waals surface area contributed by atoms with Crippen LogP contribution < -0.4 is 0 Å². The van der Waals surface area contributed by atoms with Crippen molar-refractivity contribution in [2.45, 2.75) is 5.75 Å². The molecule has 86 valence electrons. The van der Waals surface area contributed by atoms with E-state index in [1.165, 1.54) is 13.3 Å². The molecule has 0 amide bonds. The predicted octanol–water partition coefficient (Wildman–Crippen LogP) is 0.514. The molecule has 16 heavy (non-hydrogen) atoms. The summed E-state index contributed by atoms with van der Waals surface area (Å²) in [5, 5.41) is 8.76. The fraction of sp³-hybridized carbons (Fsp3) is 0.400. The number of hydrogen-bond donors (Lipinski definition) is 0. The Morgan fingerprint density at radius 3 is 2.94 bits per heavy atom. The first kappa shape index (κ1) is 12.6. The molecule has 0 saturated carbocycles. The van der Waals surface area contributed by atoms with Crippen molar-refractivity contribution in [1.82, 2.24) is 4.98 Å².